The molecule has 12 heavy (non-hydrogen) atoms. The van der Waals surface area contributed by atoms with Crippen molar-refractivity contribution in [3.63, 3.8) is 0 Å². The number of thioether (sulfide) groups is 1. The minimum absolute atomic E-state index is 0.194. The van der Waals surface area contributed by atoms with Crippen LogP contribution in [-0.4, -0.2) is 23.4 Å². The average molecular weight is 190 g/mol. The molecule has 4 nitrogen and oxygen atoms in total. The van der Waals surface area contributed by atoms with Crippen molar-refractivity contribution >= 4 is 23.7 Å². The second-order valence-electron chi connectivity index (χ2n) is 2.75. The lowest BCUT2D eigenvalue weighted by Gasteiger charge is -2.16. The van der Waals surface area contributed by atoms with Crippen molar-refractivity contribution < 1.29 is 9.59 Å². The number of primary amides is 1. The van der Waals surface area contributed by atoms with Crippen LogP contribution in [0.3, 0.4) is 0 Å². The maximum atomic E-state index is 11.2. The van der Waals surface area contributed by atoms with E-state index < -0.39 is 6.03 Å². The van der Waals surface area contributed by atoms with Gasteiger partial charge in [0, 0.05) is 0 Å². The average Bonchev–Trinajstić information content (AvgIpc) is 1.85. The molecule has 0 heterocycles. The highest BCUT2D eigenvalue weighted by Crippen LogP contribution is 2.16. The number of rotatable bonds is 3. The molecule has 0 spiro atoms. The maximum absolute atomic E-state index is 11.2. The van der Waals surface area contributed by atoms with Crippen molar-refractivity contribution in [2.75, 3.05) is 6.26 Å². The Morgan fingerprint density at radius 3 is 2.17 bits per heavy atom. The van der Waals surface area contributed by atoms with Gasteiger partial charge in [0.05, 0.1) is 5.25 Å². The molecule has 0 bridgehead atoms. The van der Waals surface area contributed by atoms with Gasteiger partial charge in [0.2, 0.25) is 5.91 Å². The fourth-order valence-electron chi connectivity index (χ4n) is 0.875. The van der Waals surface area contributed by atoms with E-state index in [9.17, 15) is 9.59 Å². The van der Waals surface area contributed by atoms with E-state index in [-0.39, 0.29) is 17.1 Å². The van der Waals surface area contributed by atoms with Gasteiger partial charge in [-0.1, -0.05) is 13.8 Å². The van der Waals surface area contributed by atoms with E-state index in [2.05, 4.69) is 5.32 Å². The third kappa shape index (κ3) is 3.61. The van der Waals surface area contributed by atoms with Crippen LogP contribution < -0.4 is 11.1 Å². The summed E-state index contributed by atoms with van der Waals surface area (Å²) in [5.41, 5.74) is 4.81. The van der Waals surface area contributed by atoms with Crippen molar-refractivity contribution in [2.45, 2.75) is 19.1 Å². The Bertz CT molecular complexity index is 182. The topological polar surface area (TPSA) is 72.2 Å². The van der Waals surface area contributed by atoms with Crippen LogP contribution in [0.4, 0.5) is 4.79 Å². The molecule has 5 heteroatoms. The van der Waals surface area contributed by atoms with Crippen molar-refractivity contribution in [1.82, 2.24) is 5.32 Å². The van der Waals surface area contributed by atoms with Crippen LogP contribution in [0, 0.1) is 5.92 Å². The predicted molar refractivity (Wildman–Crippen MR) is 49.9 cm³/mol. The maximum Gasteiger partial charge on any atom is 0.318 e. The Hall–Kier alpha value is -0.710. The van der Waals surface area contributed by atoms with Gasteiger partial charge in [-0.2, -0.15) is 11.8 Å². The quantitative estimate of drug-likeness (QED) is 0.683. The van der Waals surface area contributed by atoms with Crippen LogP contribution in [0.1, 0.15) is 13.8 Å². The highest BCUT2D eigenvalue weighted by atomic mass is 32.2. The molecule has 0 saturated heterocycles. The normalized spacial score (nSPS) is 12.7. The van der Waals surface area contributed by atoms with Crippen LogP contribution in [0.15, 0.2) is 0 Å². The number of imide groups is 1. The minimum atomic E-state index is -0.792. The third-order valence-corrected chi connectivity index (χ3v) is 2.63. The summed E-state index contributed by atoms with van der Waals surface area (Å²) in [6, 6.07) is -0.792. The van der Waals surface area contributed by atoms with Crippen molar-refractivity contribution in [3.05, 3.63) is 0 Å². The zero-order valence-corrected chi connectivity index (χ0v) is 8.27. The molecule has 0 aromatic carbocycles. The molecule has 1 atom stereocenters. The van der Waals surface area contributed by atoms with Crippen LogP contribution in [0.25, 0.3) is 0 Å². The van der Waals surface area contributed by atoms with Crippen LogP contribution >= 0.6 is 11.8 Å². The van der Waals surface area contributed by atoms with Gasteiger partial charge in [0.25, 0.3) is 0 Å². The summed E-state index contributed by atoms with van der Waals surface area (Å²) in [5.74, 6) is -0.121. The number of carbonyl (C=O) groups excluding carboxylic acids is 2. The lowest BCUT2D eigenvalue weighted by atomic mass is 10.1. The van der Waals surface area contributed by atoms with E-state index in [1.165, 1.54) is 11.8 Å². The summed E-state index contributed by atoms with van der Waals surface area (Å²) < 4.78 is 0. The number of amides is 3. The Morgan fingerprint density at radius 1 is 1.42 bits per heavy atom. The molecule has 70 valence electrons. The first-order chi connectivity index (χ1) is 5.49. The number of nitrogens with one attached hydrogen (secondary N) is 1. The molecule has 0 aromatic rings. The number of hydrogen-bond donors (Lipinski definition) is 2. The van der Waals surface area contributed by atoms with Crippen molar-refractivity contribution in [3.8, 4) is 0 Å². The molecule has 0 aromatic heterocycles. The van der Waals surface area contributed by atoms with E-state index in [1.54, 1.807) is 0 Å². The van der Waals surface area contributed by atoms with Gasteiger partial charge in [-0.05, 0) is 12.2 Å². The van der Waals surface area contributed by atoms with Gasteiger partial charge in [-0.3, -0.25) is 10.1 Å². The third-order valence-electron chi connectivity index (χ3n) is 1.36. The number of carbonyl (C=O) groups is 2. The van der Waals surface area contributed by atoms with E-state index in [1.807, 2.05) is 20.1 Å². The first-order valence-corrected chi connectivity index (χ1v) is 4.91. The predicted octanol–water partition coefficient (Wildman–Crippen LogP) is 0.569. The molecule has 0 aliphatic carbocycles. The summed E-state index contributed by atoms with van der Waals surface area (Å²) >= 11 is 1.41. The monoisotopic (exact) mass is 190 g/mol. The first-order valence-electron chi connectivity index (χ1n) is 3.62. The second-order valence-corrected chi connectivity index (χ2v) is 3.73. The van der Waals surface area contributed by atoms with Crippen molar-refractivity contribution in [2.24, 2.45) is 11.7 Å². The lowest BCUT2D eigenvalue weighted by Crippen LogP contribution is -2.42. The van der Waals surface area contributed by atoms with Crippen LogP contribution in [-0.2, 0) is 4.79 Å². The Labute approximate surface area is 76.3 Å². The largest absolute Gasteiger partial charge is 0.351 e. The molecule has 0 saturated carbocycles. The zero-order valence-electron chi connectivity index (χ0n) is 7.46. The fraction of sp³-hybridized carbons (Fsp3) is 0.714. The summed E-state index contributed by atoms with van der Waals surface area (Å²) in [7, 11) is 0. The summed E-state index contributed by atoms with van der Waals surface area (Å²) in [6.07, 6.45) is 1.82. The SMILES string of the molecule is CSC(C(=O)NC(N)=O)C(C)C. The van der Waals surface area contributed by atoms with E-state index in [4.69, 9.17) is 5.73 Å². The van der Waals surface area contributed by atoms with Crippen LogP contribution in [0.2, 0.25) is 0 Å². The molecule has 0 aliphatic rings. The molecule has 0 aliphatic heterocycles. The molecule has 3 amide bonds. The lowest BCUT2D eigenvalue weighted by molar-refractivity contribution is -0.120. The van der Waals surface area contributed by atoms with E-state index >= 15 is 0 Å². The zero-order chi connectivity index (χ0) is 9.72. The van der Waals surface area contributed by atoms with Crippen LogP contribution in [0.5, 0.6) is 0 Å². The molecule has 0 radical (unpaired) electrons. The summed E-state index contributed by atoms with van der Waals surface area (Å²) in [5, 5.41) is 1.84. The highest BCUT2D eigenvalue weighted by molar-refractivity contribution is 7.99. The molecule has 0 rings (SSSR count). The van der Waals surface area contributed by atoms with E-state index in [0.29, 0.717) is 0 Å². The van der Waals surface area contributed by atoms with E-state index in [0.717, 1.165) is 0 Å². The number of hydrogen-bond acceptors (Lipinski definition) is 3. The van der Waals surface area contributed by atoms with Gasteiger partial charge in [-0.25, -0.2) is 4.79 Å². The standard InChI is InChI=1S/C7H14N2O2S/c1-4(2)5(12-3)6(10)9-7(8)11/h4-5H,1-3H3,(H3,8,9,10,11). The summed E-state index contributed by atoms with van der Waals surface area (Å²) in [4.78, 5) is 21.5. The smallest absolute Gasteiger partial charge is 0.318 e. The second kappa shape index (κ2) is 5.03. The molecule has 3 N–H and O–H groups in total. The summed E-state index contributed by atoms with van der Waals surface area (Å²) in [6.45, 7) is 3.84. The Balaban J connectivity index is 4.12. The van der Waals surface area contributed by atoms with Gasteiger partial charge >= 0.3 is 6.03 Å². The number of urea groups is 1. The minimum Gasteiger partial charge on any atom is -0.351 e. The highest BCUT2D eigenvalue weighted by Gasteiger charge is 2.21. The molecular formula is C7H14N2O2S. The molecular weight excluding hydrogens is 176 g/mol. The Kier molecular flexibility index (Phi) is 4.73. The molecule has 1 unspecified atom stereocenters. The Morgan fingerprint density at radius 2 is 1.92 bits per heavy atom. The number of nitrogens with two attached hydrogens (primary N) is 1. The van der Waals surface area contributed by atoms with Gasteiger partial charge in [0.15, 0.2) is 0 Å². The fourth-order valence-corrected chi connectivity index (χ4v) is 1.69. The molecule has 0 fully saturated rings. The van der Waals surface area contributed by atoms with Gasteiger partial charge in [0.1, 0.15) is 0 Å². The van der Waals surface area contributed by atoms with Gasteiger partial charge in [-0.15, -0.1) is 0 Å². The first kappa shape index (κ1) is 11.3. The van der Waals surface area contributed by atoms with Crippen molar-refractivity contribution in [1.29, 1.82) is 0 Å². The van der Waals surface area contributed by atoms with Gasteiger partial charge < -0.3 is 5.73 Å².